The van der Waals surface area contributed by atoms with Crippen LogP contribution in [0.5, 0.6) is 0 Å². The van der Waals surface area contributed by atoms with Crippen LogP contribution in [0.4, 0.5) is 5.69 Å². The smallest absolute Gasteiger partial charge is 0.226 e. The molecule has 1 atom stereocenters. The van der Waals surface area contributed by atoms with Crippen LogP contribution in [-0.2, 0) is 4.79 Å². The second kappa shape index (κ2) is 9.51. The molecule has 0 saturated heterocycles. The van der Waals surface area contributed by atoms with Gasteiger partial charge >= 0.3 is 0 Å². The van der Waals surface area contributed by atoms with E-state index in [1.54, 1.807) is 11.8 Å². The van der Waals surface area contributed by atoms with E-state index >= 15 is 0 Å². The van der Waals surface area contributed by atoms with E-state index in [2.05, 4.69) is 12.2 Å². The van der Waals surface area contributed by atoms with Gasteiger partial charge in [-0.15, -0.1) is 24.2 Å². The first-order valence-corrected chi connectivity index (χ1v) is 8.01. The van der Waals surface area contributed by atoms with Crippen molar-refractivity contribution in [2.24, 2.45) is 5.73 Å². The van der Waals surface area contributed by atoms with Crippen molar-refractivity contribution in [2.75, 3.05) is 11.1 Å². The largest absolute Gasteiger partial charge is 0.325 e. The van der Waals surface area contributed by atoms with E-state index in [0.717, 1.165) is 21.9 Å². The summed E-state index contributed by atoms with van der Waals surface area (Å²) in [5, 5.41) is 2.96. The number of amides is 1. The minimum Gasteiger partial charge on any atom is -0.325 e. The normalized spacial score (nSPS) is 11.4. The SMILES string of the molecule is CCSc1ccccc1NC(=O)CC(N)c1ccccc1.Cl. The quantitative estimate of drug-likeness (QED) is 0.775. The molecule has 0 saturated carbocycles. The molecule has 3 N–H and O–H groups in total. The van der Waals surface area contributed by atoms with Crippen molar-refractivity contribution in [2.45, 2.75) is 24.3 Å². The lowest BCUT2D eigenvalue weighted by Crippen LogP contribution is -2.20. The molecule has 0 aliphatic heterocycles. The highest BCUT2D eigenvalue weighted by atomic mass is 35.5. The molecule has 0 radical (unpaired) electrons. The first-order chi connectivity index (χ1) is 10.2. The Morgan fingerprint density at radius 3 is 2.45 bits per heavy atom. The predicted molar refractivity (Wildman–Crippen MR) is 96.7 cm³/mol. The van der Waals surface area contributed by atoms with E-state index in [1.807, 2.05) is 54.6 Å². The highest BCUT2D eigenvalue weighted by Gasteiger charge is 2.12. The summed E-state index contributed by atoms with van der Waals surface area (Å²) in [7, 11) is 0. The molecule has 1 amide bonds. The van der Waals surface area contributed by atoms with Crippen molar-refractivity contribution in [3.63, 3.8) is 0 Å². The van der Waals surface area contributed by atoms with Gasteiger partial charge in [-0.2, -0.15) is 0 Å². The van der Waals surface area contributed by atoms with Crippen LogP contribution in [0.3, 0.4) is 0 Å². The summed E-state index contributed by atoms with van der Waals surface area (Å²) in [6, 6.07) is 17.2. The molecule has 5 heteroatoms. The maximum Gasteiger partial charge on any atom is 0.226 e. The number of nitrogens with two attached hydrogens (primary N) is 1. The number of anilines is 1. The van der Waals surface area contributed by atoms with Gasteiger partial charge in [0.1, 0.15) is 0 Å². The van der Waals surface area contributed by atoms with Gasteiger partial charge < -0.3 is 11.1 Å². The Balaban J connectivity index is 0.00000242. The summed E-state index contributed by atoms with van der Waals surface area (Å²) in [6.45, 7) is 2.09. The summed E-state index contributed by atoms with van der Waals surface area (Å²) >= 11 is 1.71. The maximum atomic E-state index is 12.2. The number of hydrogen-bond donors (Lipinski definition) is 2. The molecule has 0 aromatic heterocycles. The summed E-state index contributed by atoms with van der Waals surface area (Å²) in [5.74, 6) is 0.909. The van der Waals surface area contributed by atoms with E-state index in [9.17, 15) is 4.79 Å². The Morgan fingerprint density at radius 1 is 1.14 bits per heavy atom. The highest BCUT2D eigenvalue weighted by molar-refractivity contribution is 7.99. The summed E-state index contributed by atoms with van der Waals surface area (Å²) < 4.78 is 0. The Morgan fingerprint density at radius 2 is 1.77 bits per heavy atom. The van der Waals surface area contributed by atoms with Gasteiger partial charge in [0.15, 0.2) is 0 Å². The first kappa shape index (κ1) is 18.6. The van der Waals surface area contributed by atoms with Crippen molar-refractivity contribution in [1.29, 1.82) is 0 Å². The number of thioether (sulfide) groups is 1. The van der Waals surface area contributed by atoms with Crippen LogP contribution in [0.1, 0.15) is 24.9 Å². The standard InChI is InChI=1S/C17H20N2OS.ClH/c1-2-21-16-11-7-6-10-15(16)19-17(20)12-14(18)13-8-4-3-5-9-13;/h3-11,14H,2,12,18H2,1H3,(H,19,20);1H. The molecule has 0 heterocycles. The molecule has 0 fully saturated rings. The van der Waals surface area contributed by atoms with Crippen LogP contribution in [0.25, 0.3) is 0 Å². The Bertz CT molecular complexity index is 592. The molecule has 118 valence electrons. The third kappa shape index (κ3) is 5.37. The van der Waals surface area contributed by atoms with Crippen molar-refractivity contribution >= 4 is 35.8 Å². The minimum absolute atomic E-state index is 0. The number of carbonyl (C=O) groups excluding carboxylic acids is 1. The third-order valence-corrected chi connectivity index (χ3v) is 4.05. The molecule has 0 spiro atoms. The number of hydrogen-bond acceptors (Lipinski definition) is 3. The first-order valence-electron chi connectivity index (χ1n) is 7.03. The van der Waals surface area contributed by atoms with Crippen molar-refractivity contribution in [1.82, 2.24) is 0 Å². The molecule has 2 aromatic rings. The van der Waals surface area contributed by atoms with E-state index < -0.39 is 0 Å². The van der Waals surface area contributed by atoms with E-state index in [0.29, 0.717) is 0 Å². The van der Waals surface area contributed by atoms with E-state index in [1.165, 1.54) is 0 Å². The van der Waals surface area contributed by atoms with Gasteiger partial charge in [-0.25, -0.2) is 0 Å². The zero-order valence-electron chi connectivity index (χ0n) is 12.5. The molecule has 0 bridgehead atoms. The zero-order valence-corrected chi connectivity index (χ0v) is 14.1. The number of halogens is 1. The Labute approximate surface area is 142 Å². The fraction of sp³-hybridized carbons (Fsp3) is 0.235. The van der Waals surface area contributed by atoms with Crippen LogP contribution in [0.15, 0.2) is 59.5 Å². The van der Waals surface area contributed by atoms with Crippen LogP contribution < -0.4 is 11.1 Å². The minimum atomic E-state index is -0.280. The Hall–Kier alpha value is -1.49. The number of para-hydroxylation sites is 1. The summed E-state index contributed by atoms with van der Waals surface area (Å²) in [4.78, 5) is 13.2. The highest BCUT2D eigenvalue weighted by Crippen LogP contribution is 2.27. The predicted octanol–water partition coefficient (Wildman–Crippen LogP) is 4.25. The van der Waals surface area contributed by atoms with Crippen molar-refractivity contribution in [3.05, 3.63) is 60.2 Å². The fourth-order valence-electron chi connectivity index (χ4n) is 2.07. The fourth-order valence-corrected chi connectivity index (χ4v) is 2.83. The van der Waals surface area contributed by atoms with Gasteiger partial charge in [0, 0.05) is 17.4 Å². The van der Waals surface area contributed by atoms with Gasteiger partial charge in [0.25, 0.3) is 0 Å². The molecule has 1 unspecified atom stereocenters. The number of carbonyl (C=O) groups is 1. The van der Waals surface area contributed by atoms with Gasteiger partial charge in [-0.3, -0.25) is 4.79 Å². The van der Waals surface area contributed by atoms with Crippen molar-refractivity contribution < 1.29 is 4.79 Å². The van der Waals surface area contributed by atoms with Gasteiger partial charge in [0.05, 0.1) is 5.69 Å². The molecule has 3 nitrogen and oxygen atoms in total. The van der Waals surface area contributed by atoms with Gasteiger partial charge in [-0.1, -0.05) is 49.4 Å². The molecule has 22 heavy (non-hydrogen) atoms. The molecule has 0 aliphatic carbocycles. The number of rotatable bonds is 6. The maximum absolute atomic E-state index is 12.2. The zero-order chi connectivity index (χ0) is 15.1. The van der Waals surface area contributed by atoms with Crippen LogP contribution in [-0.4, -0.2) is 11.7 Å². The lowest BCUT2D eigenvalue weighted by Gasteiger charge is -2.14. The monoisotopic (exact) mass is 336 g/mol. The second-order valence-electron chi connectivity index (χ2n) is 4.70. The average Bonchev–Trinajstić information content (AvgIpc) is 2.50. The summed E-state index contributed by atoms with van der Waals surface area (Å²) in [5.41, 5.74) is 7.91. The topological polar surface area (TPSA) is 55.1 Å². The van der Waals surface area contributed by atoms with Crippen LogP contribution in [0, 0.1) is 0 Å². The third-order valence-electron chi connectivity index (χ3n) is 3.09. The lowest BCUT2D eigenvalue weighted by molar-refractivity contribution is -0.116. The Kier molecular flexibility index (Phi) is 8.02. The van der Waals surface area contributed by atoms with E-state index in [-0.39, 0.29) is 30.8 Å². The number of nitrogens with one attached hydrogen (secondary N) is 1. The van der Waals surface area contributed by atoms with Gasteiger partial charge in [0.2, 0.25) is 5.91 Å². The molecular formula is C17H21ClN2OS. The summed E-state index contributed by atoms with van der Waals surface area (Å²) in [6.07, 6.45) is 0.273. The van der Waals surface area contributed by atoms with Crippen molar-refractivity contribution in [3.8, 4) is 0 Å². The van der Waals surface area contributed by atoms with Crippen LogP contribution in [0.2, 0.25) is 0 Å². The molecule has 0 aliphatic rings. The molecular weight excluding hydrogens is 316 g/mol. The van der Waals surface area contributed by atoms with Crippen LogP contribution >= 0.6 is 24.2 Å². The molecule has 2 rings (SSSR count). The molecule has 2 aromatic carbocycles. The number of benzene rings is 2. The van der Waals surface area contributed by atoms with E-state index in [4.69, 9.17) is 5.73 Å². The van der Waals surface area contributed by atoms with Gasteiger partial charge in [-0.05, 0) is 23.4 Å². The lowest BCUT2D eigenvalue weighted by atomic mass is 10.0. The average molecular weight is 337 g/mol. The second-order valence-corrected chi connectivity index (χ2v) is 6.00.